The van der Waals surface area contributed by atoms with Crippen molar-refractivity contribution in [2.45, 2.75) is 69.9 Å². The summed E-state index contributed by atoms with van der Waals surface area (Å²) in [5.41, 5.74) is 0. The Morgan fingerprint density at radius 3 is 2.58 bits per heavy atom. The van der Waals surface area contributed by atoms with Crippen molar-refractivity contribution in [1.82, 2.24) is 4.90 Å². The molecule has 3 fully saturated rings. The highest BCUT2D eigenvalue weighted by atomic mass is 16.7. The van der Waals surface area contributed by atoms with Crippen LogP contribution in [0.5, 0.6) is 0 Å². The number of aliphatic hydroxyl groups excluding tert-OH is 1. The number of aliphatic hydroxyl groups is 1. The van der Waals surface area contributed by atoms with Gasteiger partial charge in [0.05, 0.1) is 19.3 Å². The van der Waals surface area contributed by atoms with Gasteiger partial charge in [0.15, 0.2) is 5.79 Å². The number of rotatable bonds is 1. The lowest BCUT2D eigenvalue weighted by Crippen LogP contribution is -2.57. The highest BCUT2D eigenvalue weighted by Crippen LogP contribution is 2.39. The van der Waals surface area contributed by atoms with Crippen LogP contribution in [-0.4, -0.2) is 53.7 Å². The zero-order chi connectivity index (χ0) is 13.5. The highest BCUT2D eigenvalue weighted by molar-refractivity contribution is 4.95. The number of hydrogen-bond acceptors (Lipinski definition) is 4. The van der Waals surface area contributed by atoms with Gasteiger partial charge in [0.25, 0.3) is 0 Å². The second kappa shape index (κ2) is 5.32. The number of ether oxygens (including phenoxy) is 2. The molecule has 4 unspecified atom stereocenters. The second-order valence-electron chi connectivity index (χ2n) is 6.71. The van der Waals surface area contributed by atoms with Gasteiger partial charge in [0, 0.05) is 31.5 Å². The van der Waals surface area contributed by atoms with E-state index in [0.29, 0.717) is 19.3 Å². The van der Waals surface area contributed by atoms with Gasteiger partial charge < -0.3 is 14.6 Å². The van der Waals surface area contributed by atoms with E-state index in [1.807, 2.05) is 0 Å². The molecule has 4 nitrogen and oxygen atoms in total. The van der Waals surface area contributed by atoms with Gasteiger partial charge in [-0.25, -0.2) is 0 Å². The van der Waals surface area contributed by atoms with Crippen LogP contribution in [0.15, 0.2) is 0 Å². The first kappa shape index (κ1) is 13.8. The van der Waals surface area contributed by atoms with Crippen molar-refractivity contribution in [3.63, 3.8) is 0 Å². The van der Waals surface area contributed by atoms with E-state index < -0.39 is 5.79 Å². The molecule has 0 aromatic carbocycles. The molecule has 19 heavy (non-hydrogen) atoms. The summed E-state index contributed by atoms with van der Waals surface area (Å²) in [5.74, 6) is 0.330. The Morgan fingerprint density at radius 2 is 1.84 bits per heavy atom. The maximum atomic E-state index is 10.4. The summed E-state index contributed by atoms with van der Waals surface area (Å²) < 4.78 is 11.7. The van der Waals surface area contributed by atoms with E-state index >= 15 is 0 Å². The fraction of sp³-hybridized carbons (Fsp3) is 1.00. The lowest BCUT2D eigenvalue weighted by atomic mass is 9.83. The van der Waals surface area contributed by atoms with E-state index in [1.54, 1.807) is 0 Å². The largest absolute Gasteiger partial charge is 0.391 e. The van der Waals surface area contributed by atoms with Crippen LogP contribution in [0.25, 0.3) is 0 Å². The topological polar surface area (TPSA) is 41.9 Å². The molecule has 3 rings (SSSR count). The summed E-state index contributed by atoms with van der Waals surface area (Å²) in [4.78, 5) is 2.50. The molecule has 2 saturated heterocycles. The molecule has 0 aromatic rings. The number of hydrogen-bond donors (Lipinski definition) is 1. The molecule has 1 saturated carbocycles. The van der Waals surface area contributed by atoms with Crippen molar-refractivity contribution in [3.8, 4) is 0 Å². The fourth-order valence-electron chi connectivity index (χ4n) is 4.00. The van der Waals surface area contributed by atoms with Gasteiger partial charge in [-0.15, -0.1) is 0 Å². The summed E-state index contributed by atoms with van der Waals surface area (Å²) in [7, 11) is 0. The summed E-state index contributed by atoms with van der Waals surface area (Å²) >= 11 is 0. The average Bonchev–Trinajstić information content (AvgIpc) is 2.84. The van der Waals surface area contributed by atoms with Crippen molar-refractivity contribution in [2.24, 2.45) is 5.92 Å². The number of piperidine rings is 1. The van der Waals surface area contributed by atoms with Crippen molar-refractivity contribution in [3.05, 3.63) is 0 Å². The minimum absolute atomic E-state index is 0.199. The van der Waals surface area contributed by atoms with E-state index in [4.69, 9.17) is 9.47 Å². The van der Waals surface area contributed by atoms with Gasteiger partial charge in [0.2, 0.25) is 0 Å². The molecule has 0 aromatic heterocycles. The van der Waals surface area contributed by atoms with Crippen LogP contribution in [0, 0.1) is 5.92 Å². The molecule has 4 atom stereocenters. The van der Waals surface area contributed by atoms with E-state index in [-0.39, 0.29) is 12.1 Å². The zero-order valence-electron chi connectivity index (χ0n) is 12.2. The van der Waals surface area contributed by atoms with Gasteiger partial charge in [-0.3, -0.25) is 4.90 Å². The maximum absolute atomic E-state index is 10.4. The molecule has 0 amide bonds. The van der Waals surface area contributed by atoms with E-state index in [0.717, 1.165) is 31.7 Å². The highest BCUT2D eigenvalue weighted by Gasteiger charge is 2.47. The normalized spacial score (nSPS) is 43.7. The van der Waals surface area contributed by atoms with Crippen LogP contribution in [0.1, 0.15) is 46.0 Å². The molecule has 1 N–H and O–H groups in total. The predicted octanol–water partition coefficient (Wildman–Crippen LogP) is 1.76. The van der Waals surface area contributed by atoms with Crippen LogP contribution in [0.3, 0.4) is 0 Å². The van der Waals surface area contributed by atoms with Crippen LogP contribution >= 0.6 is 0 Å². The molecule has 4 heteroatoms. The van der Waals surface area contributed by atoms with Gasteiger partial charge in [-0.05, 0) is 32.1 Å². The van der Waals surface area contributed by atoms with Crippen molar-refractivity contribution >= 4 is 0 Å². The molecule has 3 aliphatic rings. The Labute approximate surface area is 116 Å². The predicted molar refractivity (Wildman–Crippen MR) is 72.8 cm³/mol. The molecule has 2 heterocycles. The smallest absolute Gasteiger partial charge is 0.170 e. The molecule has 1 aliphatic carbocycles. The summed E-state index contributed by atoms with van der Waals surface area (Å²) in [5, 5.41) is 10.4. The maximum Gasteiger partial charge on any atom is 0.170 e. The molecular weight excluding hydrogens is 242 g/mol. The Kier molecular flexibility index (Phi) is 3.87. The molecule has 0 bridgehead atoms. The van der Waals surface area contributed by atoms with Crippen LogP contribution in [0.4, 0.5) is 0 Å². The quantitative estimate of drug-likeness (QED) is 0.787. The monoisotopic (exact) mass is 269 g/mol. The molecule has 0 radical (unpaired) electrons. The Bertz CT molecular complexity index is 317. The van der Waals surface area contributed by atoms with Crippen LogP contribution in [-0.2, 0) is 9.47 Å². The average molecular weight is 269 g/mol. The minimum atomic E-state index is -0.399. The van der Waals surface area contributed by atoms with Gasteiger partial charge >= 0.3 is 0 Å². The Balaban J connectivity index is 1.73. The number of likely N-dealkylation sites (tertiary alicyclic amines) is 1. The first-order valence-corrected chi connectivity index (χ1v) is 7.81. The third kappa shape index (κ3) is 2.68. The molecule has 2 aliphatic heterocycles. The summed E-state index contributed by atoms with van der Waals surface area (Å²) in [6.07, 6.45) is 4.76. The zero-order valence-corrected chi connectivity index (χ0v) is 12.2. The third-order valence-electron chi connectivity index (χ3n) is 5.19. The van der Waals surface area contributed by atoms with Crippen molar-refractivity contribution in [1.29, 1.82) is 0 Å². The summed E-state index contributed by atoms with van der Waals surface area (Å²) in [6.45, 7) is 7.10. The third-order valence-corrected chi connectivity index (χ3v) is 5.19. The van der Waals surface area contributed by atoms with Gasteiger partial charge in [-0.1, -0.05) is 6.92 Å². The summed E-state index contributed by atoms with van der Waals surface area (Å²) in [6, 6.07) is 0.761. The van der Waals surface area contributed by atoms with Crippen LogP contribution in [0.2, 0.25) is 0 Å². The standard InChI is InChI=1S/C15H27NO3/c1-11-3-4-12(2)16(10-11)13-9-15(6-5-14(13)17)18-7-8-19-15/h11-14,17H,3-10H2,1-2H3. The fourth-order valence-corrected chi connectivity index (χ4v) is 4.00. The Morgan fingerprint density at radius 1 is 1.11 bits per heavy atom. The molecular formula is C15H27NO3. The van der Waals surface area contributed by atoms with E-state index in [1.165, 1.54) is 12.8 Å². The van der Waals surface area contributed by atoms with E-state index in [2.05, 4.69) is 18.7 Å². The Hall–Kier alpha value is -0.160. The second-order valence-corrected chi connectivity index (χ2v) is 6.71. The number of nitrogens with zero attached hydrogens (tertiary/aromatic N) is 1. The van der Waals surface area contributed by atoms with Gasteiger partial charge in [0.1, 0.15) is 0 Å². The first-order valence-electron chi connectivity index (χ1n) is 7.81. The van der Waals surface area contributed by atoms with Crippen LogP contribution < -0.4 is 0 Å². The van der Waals surface area contributed by atoms with Crippen molar-refractivity contribution in [2.75, 3.05) is 19.8 Å². The lowest BCUT2D eigenvalue weighted by Gasteiger charge is -2.48. The van der Waals surface area contributed by atoms with E-state index in [9.17, 15) is 5.11 Å². The molecule has 110 valence electrons. The lowest BCUT2D eigenvalue weighted by molar-refractivity contribution is -0.209. The minimum Gasteiger partial charge on any atom is -0.391 e. The van der Waals surface area contributed by atoms with Gasteiger partial charge in [-0.2, -0.15) is 0 Å². The first-order chi connectivity index (χ1) is 9.10. The molecule has 1 spiro atoms. The van der Waals surface area contributed by atoms with Crippen molar-refractivity contribution < 1.29 is 14.6 Å². The SMILES string of the molecule is CC1CCC(C)N(C2CC3(CCC2O)OCCO3)C1.